The molecule has 166 valence electrons. The number of carbonyl (C=O) groups excluding carboxylic acids is 2. The second-order valence-corrected chi connectivity index (χ2v) is 8.58. The van der Waals surface area contributed by atoms with E-state index in [0.717, 1.165) is 36.6 Å². The fraction of sp³-hybridized carbons (Fsp3) is 0.522. The van der Waals surface area contributed by atoms with Gasteiger partial charge in [0.15, 0.2) is 0 Å². The third kappa shape index (κ3) is 3.80. The highest BCUT2D eigenvalue weighted by atomic mass is 16.5. The van der Waals surface area contributed by atoms with Gasteiger partial charge in [-0.05, 0) is 43.9 Å². The van der Waals surface area contributed by atoms with Crippen molar-refractivity contribution in [1.82, 2.24) is 24.5 Å². The number of nitrogens with zero attached hydrogens (tertiary/aromatic N) is 5. The number of urea groups is 1. The number of carbonyl (C=O) groups is 2. The third-order valence-corrected chi connectivity index (χ3v) is 6.93. The SMILES string of the molecule is COc1ccc(CCN2C(=O)N(C)C(=O)C23CCN(Cc2cnn(C)c2C)CC3)cc1. The minimum Gasteiger partial charge on any atom is -0.497 e. The van der Waals surface area contributed by atoms with Gasteiger partial charge in [0.05, 0.1) is 13.3 Å². The first-order valence-electron chi connectivity index (χ1n) is 10.8. The highest BCUT2D eigenvalue weighted by Crippen LogP contribution is 2.37. The molecule has 0 radical (unpaired) electrons. The predicted molar refractivity (Wildman–Crippen MR) is 117 cm³/mol. The lowest BCUT2D eigenvalue weighted by atomic mass is 9.85. The maximum Gasteiger partial charge on any atom is 0.327 e. The first-order valence-corrected chi connectivity index (χ1v) is 10.8. The molecule has 8 nitrogen and oxygen atoms in total. The van der Waals surface area contributed by atoms with E-state index in [1.54, 1.807) is 14.2 Å². The maximum absolute atomic E-state index is 13.1. The molecular formula is C23H31N5O3. The Morgan fingerprint density at radius 1 is 1.10 bits per heavy atom. The number of likely N-dealkylation sites (N-methyl/N-ethyl adjacent to an activating group) is 1. The van der Waals surface area contributed by atoms with Crippen LogP contribution in [0.2, 0.25) is 0 Å². The van der Waals surface area contributed by atoms with Gasteiger partial charge in [0.2, 0.25) is 0 Å². The van der Waals surface area contributed by atoms with Crippen LogP contribution in [0.25, 0.3) is 0 Å². The molecule has 2 aliphatic heterocycles. The Kier molecular flexibility index (Phi) is 5.75. The van der Waals surface area contributed by atoms with Crippen molar-refractivity contribution < 1.29 is 14.3 Å². The van der Waals surface area contributed by atoms with Gasteiger partial charge in [0.25, 0.3) is 5.91 Å². The van der Waals surface area contributed by atoms with Crippen molar-refractivity contribution in [2.24, 2.45) is 7.05 Å². The van der Waals surface area contributed by atoms with E-state index in [4.69, 9.17) is 4.74 Å². The van der Waals surface area contributed by atoms with E-state index >= 15 is 0 Å². The van der Waals surface area contributed by atoms with Crippen LogP contribution in [0.5, 0.6) is 5.75 Å². The van der Waals surface area contributed by atoms with Crippen molar-refractivity contribution in [3.05, 3.63) is 47.3 Å². The van der Waals surface area contributed by atoms with E-state index in [2.05, 4.69) is 16.9 Å². The Morgan fingerprint density at radius 2 is 1.77 bits per heavy atom. The fourth-order valence-electron chi connectivity index (χ4n) is 4.73. The fourth-order valence-corrected chi connectivity index (χ4v) is 4.73. The molecule has 31 heavy (non-hydrogen) atoms. The van der Waals surface area contributed by atoms with Crippen LogP contribution in [0, 0.1) is 6.92 Å². The summed E-state index contributed by atoms with van der Waals surface area (Å²) in [7, 11) is 5.19. The Labute approximate surface area is 183 Å². The van der Waals surface area contributed by atoms with Crippen LogP contribution in [0.15, 0.2) is 30.5 Å². The number of hydrogen-bond acceptors (Lipinski definition) is 5. The Hall–Kier alpha value is -2.87. The van der Waals surface area contributed by atoms with Crippen molar-refractivity contribution >= 4 is 11.9 Å². The summed E-state index contributed by atoms with van der Waals surface area (Å²) in [5, 5.41) is 4.33. The summed E-state index contributed by atoms with van der Waals surface area (Å²) < 4.78 is 7.10. The predicted octanol–water partition coefficient (Wildman–Crippen LogP) is 2.21. The smallest absolute Gasteiger partial charge is 0.327 e. The molecule has 0 atom stereocenters. The lowest BCUT2D eigenvalue weighted by Crippen LogP contribution is -2.56. The monoisotopic (exact) mass is 425 g/mol. The second-order valence-electron chi connectivity index (χ2n) is 8.58. The van der Waals surface area contributed by atoms with Crippen molar-refractivity contribution in [2.75, 3.05) is 33.8 Å². The van der Waals surface area contributed by atoms with Crippen LogP contribution in [-0.2, 0) is 24.8 Å². The summed E-state index contributed by atoms with van der Waals surface area (Å²) in [6, 6.07) is 7.68. The quantitative estimate of drug-likeness (QED) is 0.664. The zero-order chi connectivity index (χ0) is 22.2. The average molecular weight is 426 g/mol. The van der Waals surface area contributed by atoms with E-state index in [0.29, 0.717) is 25.8 Å². The van der Waals surface area contributed by atoms with Crippen LogP contribution >= 0.6 is 0 Å². The summed E-state index contributed by atoms with van der Waals surface area (Å²) in [6.45, 7) is 4.98. The number of aryl methyl sites for hydroxylation is 1. The molecule has 4 rings (SSSR count). The van der Waals surface area contributed by atoms with Crippen LogP contribution in [-0.4, -0.2) is 75.7 Å². The third-order valence-electron chi connectivity index (χ3n) is 6.93. The van der Waals surface area contributed by atoms with Gasteiger partial charge in [0.1, 0.15) is 11.3 Å². The molecule has 8 heteroatoms. The summed E-state index contributed by atoms with van der Waals surface area (Å²) in [5.74, 6) is 0.744. The molecule has 0 bridgehead atoms. The summed E-state index contributed by atoms with van der Waals surface area (Å²) in [4.78, 5) is 31.5. The largest absolute Gasteiger partial charge is 0.497 e. The first kappa shape index (κ1) is 21.4. The molecule has 1 aromatic carbocycles. The average Bonchev–Trinajstić information content (AvgIpc) is 3.19. The van der Waals surface area contributed by atoms with Gasteiger partial charge in [-0.3, -0.25) is 19.3 Å². The van der Waals surface area contributed by atoms with Crippen LogP contribution < -0.4 is 4.74 Å². The van der Waals surface area contributed by atoms with Crippen molar-refractivity contribution in [3.8, 4) is 5.75 Å². The van der Waals surface area contributed by atoms with E-state index in [1.165, 1.54) is 10.5 Å². The Balaban J connectivity index is 1.45. The van der Waals surface area contributed by atoms with Crippen LogP contribution in [0.4, 0.5) is 4.79 Å². The van der Waals surface area contributed by atoms with Gasteiger partial charge in [-0.1, -0.05) is 12.1 Å². The zero-order valence-corrected chi connectivity index (χ0v) is 18.8. The van der Waals surface area contributed by atoms with Gasteiger partial charge in [-0.25, -0.2) is 4.79 Å². The van der Waals surface area contributed by atoms with Gasteiger partial charge in [-0.2, -0.15) is 5.10 Å². The highest BCUT2D eigenvalue weighted by Gasteiger charge is 2.56. The summed E-state index contributed by atoms with van der Waals surface area (Å²) >= 11 is 0. The van der Waals surface area contributed by atoms with E-state index in [9.17, 15) is 9.59 Å². The minimum absolute atomic E-state index is 0.0653. The minimum atomic E-state index is -0.723. The molecule has 2 saturated heterocycles. The molecule has 1 aromatic heterocycles. The van der Waals surface area contributed by atoms with Crippen molar-refractivity contribution in [2.45, 2.75) is 38.3 Å². The topological polar surface area (TPSA) is 70.9 Å². The molecule has 3 amide bonds. The number of likely N-dealkylation sites (tertiary alicyclic amines) is 1. The van der Waals surface area contributed by atoms with E-state index < -0.39 is 5.54 Å². The van der Waals surface area contributed by atoms with E-state index in [1.807, 2.05) is 47.1 Å². The number of imide groups is 1. The zero-order valence-electron chi connectivity index (χ0n) is 18.8. The molecule has 2 fully saturated rings. The standard InChI is InChI=1S/C23H31N5O3/c1-17-19(15-24-26(17)3)16-27-13-10-23(11-14-27)21(29)25(2)22(30)28(23)12-9-18-5-7-20(31-4)8-6-18/h5-8,15H,9-14,16H2,1-4H3. The van der Waals surface area contributed by atoms with Crippen LogP contribution in [0.1, 0.15) is 29.7 Å². The molecule has 0 N–H and O–H groups in total. The number of methoxy groups -OCH3 is 1. The number of amides is 3. The maximum atomic E-state index is 13.1. The number of ether oxygens (including phenoxy) is 1. The molecule has 2 aromatic rings. The number of aromatic nitrogens is 2. The highest BCUT2D eigenvalue weighted by molar-refractivity contribution is 6.06. The lowest BCUT2D eigenvalue weighted by Gasteiger charge is -2.42. The number of piperidine rings is 1. The number of rotatable bonds is 6. The summed E-state index contributed by atoms with van der Waals surface area (Å²) in [5.41, 5.74) is 2.77. The number of hydrogen-bond donors (Lipinski definition) is 0. The molecule has 3 heterocycles. The number of benzene rings is 1. The van der Waals surface area contributed by atoms with Crippen molar-refractivity contribution in [3.63, 3.8) is 0 Å². The molecular weight excluding hydrogens is 394 g/mol. The second kappa shape index (κ2) is 8.34. The van der Waals surface area contributed by atoms with Gasteiger partial charge in [0, 0.05) is 51.5 Å². The Bertz CT molecular complexity index is 960. The molecule has 2 aliphatic rings. The van der Waals surface area contributed by atoms with Gasteiger partial charge in [-0.15, -0.1) is 0 Å². The molecule has 0 unspecified atom stereocenters. The molecule has 1 spiro atoms. The molecule has 0 aliphatic carbocycles. The first-order chi connectivity index (χ1) is 14.9. The van der Waals surface area contributed by atoms with Crippen LogP contribution in [0.3, 0.4) is 0 Å². The normalized spacial score (nSPS) is 19.0. The molecule has 0 saturated carbocycles. The van der Waals surface area contributed by atoms with Gasteiger partial charge >= 0.3 is 6.03 Å². The van der Waals surface area contributed by atoms with Crippen molar-refractivity contribution in [1.29, 1.82) is 0 Å². The Morgan fingerprint density at radius 3 is 2.35 bits per heavy atom. The van der Waals surface area contributed by atoms with E-state index in [-0.39, 0.29) is 11.9 Å². The summed E-state index contributed by atoms with van der Waals surface area (Å²) in [6.07, 6.45) is 3.93. The lowest BCUT2D eigenvalue weighted by molar-refractivity contribution is -0.134. The van der Waals surface area contributed by atoms with Gasteiger partial charge < -0.3 is 9.64 Å².